The molecule has 1 aromatic heterocycles. The highest BCUT2D eigenvalue weighted by atomic mass is 32.1. The molecule has 0 spiro atoms. The number of thiazole rings is 1. The zero-order valence-electron chi connectivity index (χ0n) is 12.0. The highest BCUT2D eigenvalue weighted by Gasteiger charge is 2.11. The summed E-state index contributed by atoms with van der Waals surface area (Å²) in [4.78, 5) is 27.5. The molecule has 6 nitrogen and oxygen atoms in total. The monoisotopic (exact) mass is 318 g/mol. The van der Waals surface area contributed by atoms with Gasteiger partial charge in [-0.15, -0.1) is 11.3 Å². The summed E-state index contributed by atoms with van der Waals surface area (Å²) in [6, 6.07) is 9.88. The summed E-state index contributed by atoms with van der Waals surface area (Å²) >= 11 is 1.33. The summed E-state index contributed by atoms with van der Waals surface area (Å²) < 4.78 is 0. The third kappa shape index (κ3) is 4.94. The number of nitrogens with two attached hydrogens (primary N) is 1. The summed E-state index contributed by atoms with van der Waals surface area (Å²) in [5, 5.41) is 7.62. The standard InChI is InChI=1S/C15H18N4O2S/c16-8-14-19-12(10-22-14)15(21)18-9-13(20)17-7-6-11-4-2-1-3-5-11/h1-5,10H,6-9,16H2,(H,17,20)(H,18,21). The van der Waals surface area contributed by atoms with E-state index in [0.717, 1.165) is 12.0 Å². The number of amides is 2. The molecule has 0 saturated heterocycles. The zero-order chi connectivity index (χ0) is 15.8. The molecule has 0 aliphatic rings. The van der Waals surface area contributed by atoms with Crippen LogP contribution < -0.4 is 16.4 Å². The predicted octanol–water partition coefficient (Wildman–Crippen LogP) is 0.691. The maximum absolute atomic E-state index is 11.8. The molecule has 7 heteroatoms. The second-order valence-electron chi connectivity index (χ2n) is 4.60. The van der Waals surface area contributed by atoms with Gasteiger partial charge in [0.15, 0.2) is 0 Å². The molecule has 1 heterocycles. The molecular formula is C15H18N4O2S. The second kappa shape index (κ2) is 8.26. The Kier molecular flexibility index (Phi) is 6.05. The second-order valence-corrected chi connectivity index (χ2v) is 5.54. The van der Waals surface area contributed by atoms with Crippen LogP contribution >= 0.6 is 11.3 Å². The lowest BCUT2D eigenvalue weighted by atomic mass is 10.1. The Morgan fingerprint density at radius 1 is 1.18 bits per heavy atom. The number of carbonyl (C=O) groups is 2. The Bertz CT molecular complexity index is 627. The molecule has 22 heavy (non-hydrogen) atoms. The fourth-order valence-corrected chi connectivity index (χ4v) is 2.47. The average molecular weight is 318 g/mol. The first kappa shape index (κ1) is 16.1. The van der Waals surface area contributed by atoms with Gasteiger partial charge in [0, 0.05) is 18.5 Å². The molecule has 0 unspecified atom stereocenters. The maximum atomic E-state index is 11.8. The Morgan fingerprint density at radius 3 is 2.64 bits per heavy atom. The molecule has 0 aliphatic carbocycles. The molecule has 0 aliphatic heterocycles. The molecule has 4 N–H and O–H groups in total. The minimum atomic E-state index is -0.367. The minimum absolute atomic E-state index is 0.0664. The summed E-state index contributed by atoms with van der Waals surface area (Å²) in [6.45, 7) is 0.772. The number of nitrogens with zero attached hydrogens (tertiary/aromatic N) is 1. The molecule has 1 aromatic carbocycles. The van der Waals surface area contributed by atoms with Crippen LogP contribution in [-0.4, -0.2) is 29.9 Å². The Labute approximate surface area is 132 Å². The van der Waals surface area contributed by atoms with Crippen LogP contribution in [0.15, 0.2) is 35.7 Å². The van der Waals surface area contributed by atoms with Gasteiger partial charge in [-0.3, -0.25) is 9.59 Å². The topological polar surface area (TPSA) is 97.1 Å². The normalized spacial score (nSPS) is 10.2. The molecule has 116 valence electrons. The number of benzene rings is 1. The number of hydrogen-bond donors (Lipinski definition) is 3. The minimum Gasteiger partial charge on any atom is -0.354 e. The number of aromatic nitrogens is 1. The molecule has 0 saturated carbocycles. The molecule has 0 fully saturated rings. The van der Waals surface area contributed by atoms with Crippen molar-refractivity contribution in [3.05, 3.63) is 52.0 Å². The van der Waals surface area contributed by atoms with Crippen molar-refractivity contribution in [3.63, 3.8) is 0 Å². The van der Waals surface area contributed by atoms with Crippen LogP contribution in [-0.2, 0) is 17.8 Å². The Morgan fingerprint density at radius 2 is 1.95 bits per heavy atom. The maximum Gasteiger partial charge on any atom is 0.271 e. The van der Waals surface area contributed by atoms with Gasteiger partial charge in [-0.25, -0.2) is 4.98 Å². The van der Waals surface area contributed by atoms with Gasteiger partial charge in [-0.1, -0.05) is 30.3 Å². The molecule has 0 bridgehead atoms. The molecule has 0 radical (unpaired) electrons. The summed E-state index contributed by atoms with van der Waals surface area (Å²) in [5.41, 5.74) is 6.89. The van der Waals surface area contributed by atoms with E-state index in [2.05, 4.69) is 15.6 Å². The van der Waals surface area contributed by atoms with Gasteiger partial charge in [0.1, 0.15) is 10.7 Å². The van der Waals surface area contributed by atoms with E-state index in [1.807, 2.05) is 30.3 Å². The van der Waals surface area contributed by atoms with Crippen molar-refractivity contribution in [2.24, 2.45) is 5.73 Å². The van der Waals surface area contributed by atoms with E-state index in [1.165, 1.54) is 11.3 Å². The fourth-order valence-electron chi connectivity index (χ4n) is 1.81. The van der Waals surface area contributed by atoms with Gasteiger partial charge in [0.05, 0.1) is 6.54 Å². The van der Waals surface area contributed by atoms with E-state index >= 15 is 0 Å². The van der Waals surface area contributed by atoms with Gasteiger partial charge in [-0.2, -0.15) is 0 Å². The van der Waals surface area contributed by atoms with Crippen molar-refractivity contribution in [1.82, 2.24) is 15.6 Å². The van der Waals surface area contributed by atoms with Crippen LogP contribution in [0.1, 0.15) is 21.1 Å². The number of carbonyl (C=O) groups excluding carboxylic acids is 2. The first-order chi connectivity index (χ1) is 10.7. The number of hydrogen-bond acceptors (Lipinski definition) is 5. The third-order valence-electron chi connectivity index (χ3n) is 2.95. The summed E-state index contributed by atoms with van der Waals surface area (Å²) in [6.07, 6.45) is 0.756. The number of nitrogens with one attached hydrogen (secondary N) is 2. The van der Waals surface area contributed by atoms with Crippen LogP contribution in [0.5, 0.6) is 0 Å². The molecule has 2 rings (SSSR count). The summed E-state index contributed by atoms with van der Waals surface area (Å²) in [5.74, 6) is -0.590. The van der Waals surface area contributed by atoms with E-state index in [-0.39, 0.29) is 18.4 Å². The van der Waals surface area contributed by atoms with Crippen molar-refractivity contribution in [2.45, 2.75) is 13.0 Å². The van der Waals surface area contributed by atoms with Crippen LogP contribution in [0.4, 0.5) is 0 Å². The molecule has 2 amide bonds. The third-order valence-corrected chi connectivity index (χ3v) is 3.82. The SMILES string of the molecule is NCc1nc(C(=O)NCC(=O)NCCc2ccccc2)cs1. The van der Waals surface area contributed by atoms with Crippen molar-refractivity contribution in [1.29, 1.82) is 0 Å². The lowest BCUT2D eigenvalue weighted by Crippen LogP contribution is -2.37. The van der Waals surface area contributed by atoms with Crippen molar-refractivity contribution in [3.8, 4) is 0 Å². The molecule has 0 atom stereocenters. The quantitative estimate of drug-likeness (QED) is 0.700. The van der Waals surface area contributed by atoms with Crippen LogP contribution in [0, 0.1) is 0 Å². The van der Waals surface area contributed by atoms with Crippen LogP contribution in [0.25, 0.3) is 0 Å². The fraction of sp³-hybridized carbons (Fsp3) is 0.267. The van der Waals surface area contributed by atoms with Gasteiger partial charge in [0.25, 0.3) is 5.91 Å². The van der Waals surface area contributed by atoms with E-state index in [4.69, 9.17) is 5.73 Å². The van der Waals surface area contributed by atoms with Crippen LogP contribution in [0.2, 0.25) is 0 Å². The first-order valence-electron chi connectivity index (χ1n) is 6.92. The Balaban J connectivity index is 1.68. The van der Waals surface area contributed by atoms with Crippen LogP contribution in [0.3, 0.4) is 0 Å². The van der Waals surface area contributed by atoms with E-state index in [1.54, 1.807) is 5.38 Å². The smallest absolute Gasteiger partial charge is 0.271 e. The van der Waals surface area contributed by atoms with Crippen molar-refractivity contribution in [2.75, 3.05) is 13.1 Å². The first-order valence-corrected chi connectivity index (χ1v) is 7.80. The molecular weight excluding hydrogens is 300 g/mol. The highest BCUT2D eigenvalue weighted by Crippen LogP contribution is 2.08. The lowest BCUT2D eigenvalue weighted by Gasteiger charge is -2.06. The number of rotatable bonds is 7. The Hall–Kier alpha value is -2.25. The predicted molar refractivity (Wildman–Crippen MR) is 85.5 cm³/mol. The largest absolute Gasteiger partial charge is 0.354 e. The van der Waals surface area contributed by atoms with E-state index in [9.17, 15) is 9.59 Å². The average Bonchev–Trinajstić information content (AvgIpc) is 3.03. The highest BCUT2D eigenvalue weighted by molar-refractivity contribution is 7.09. The van der Waals surface area contributed by atoms with Gasteiger partial charge in [-0.05, 0) is 12.0 Å². The lowest BCUT2D eigenvalue weighted by molar-refractivity contribution is -0.120. The zero-order valence-corrected chi connectivity index (χ0v) is 12.9. The van der Waals surface area contributed by atoms with Crippen molar-refractivity contribution < 1.29 is 9.59 Å². The van der Waals surface area contributed by atoms with Gasteiger partial charge in [0.2, 0.25) is 5.91 Å². The molecule has 2 aromatic rings. The van der Waals surface area contributed by atoms with E-state index in [0.29, 0.717) is 23.8 Å². The van der Waals surface area contributed by atoms with Gasteiger partial charge < -0.3 is 16.4 Å². The van der Waals surface area contributed by atoms with Crippen molar-refractivity contribution >= 4 is 23.2 Å². The van der Waals surface area contributed by atoms with Gasteiger partial charge >= 0.3 is 0 Å². The van der Waals surface area contributed by atoms with E-state index < -0.39 is 0 Å². The summed E-state index contributed by atoms with van der Waals surface area (Å²) in [7, 11) is 0.